The summed E-state index contributed by atoms with van der Waals surface area (Å²) in [4.78, 5) is 11.8. The molecule has 3 heteroatoms. The van der Waals surface area contributed by atoms with Crippen molar-refractivity contribution in [3.05, 3.63) is 47.7 Å². The van der Waals surface area contributed by atoms with Gasteiger partial charge in [-0.05, 0) is 23.8 Å². The van der Waals surface area contributed by atoms with E-state index >= 15 is 0 Å². The van der Waals surface area contributed by atoms with Crippen molar-refractivity contribution in [1.29, 1.82) is 0 Å². The Hall–Kier alpha value is -1.77. The third-order valence-corrected chi connectivity index (χ3v) is 3.32. The number of hydrogen-bond donors (Lipinski definition) is 1. The third-order valence-electron chi connectivity index (χ3n) is 3.32. The van der Waals surface area contributed by atoms with Crippen molar-refractivity contribution >= 4 is 5.97 Å². The Labute approximate surface area is 101 Å². The molecule has 1 heterocycles. The minimum atomic E-state index is -0.215. The Morgan fingerprint density at radius 1 is 1.47 bits per heavy atom. The molecular weight excluding hydrogens is 214 g/mol. The number of nitrogens with two attached hydrogens (primary N) is 1. The largest absolute Gasteiger partial charge is 0.461 e. The highest BCUT2D eigenvalue weighted by Crippen LogP contribution is 2.36. The van der Waals surface area contributed by atoms with Gasteiger partial charge in [0.15, 0.2) is 0 Å². The first-order valence-corrected chi connectivity index (χ1v) is 5.90. The second kappa shape index (κ2) is 5.04. The van der Waals surface area contributed by atoms with E-state index in [4.69, 9.17) is 10.5 Å². The van der Waals surface area contributed by atoms with Crippen molar-refractivity contribution in [2.75, 3.05) is 6.61 Å². The molecule has 0 aliphatic carbocycles. The first-order valence-electron chi connectivity index (χ1n) is 5.90. The summed E-state index contributed by atoms with van der Waals surface area (Å²) in [7, 11) is 0. The van der Waals surface area contributed by atoms with Crippen LogP contribution in [-0.2, 0) is 9.53 Å². The molecule has 0 aromatic heterocycles. The van der Waals surface area contributed by atoms with E-state index in [0.717, 1.165) is 12.0 Å². The molecule has 0 radical (unpaired) electrons. The number of ether oxygens (including phenoxy) is 1. The van der Waals surface area contributed by atoms with Gasteiger partial charge in [0.25, 0.3) is 0 Å². The van der Waals surface area contributed by atoms with E-state index in [9.17, 15) is 4.79 Å². The fraction of sp³-hybridized carbons (Fsp3) is 0.357. The first-order chi connectivity index (χ1) is 8.27. The fourth-order valence-corrected chi connectivity index (χ4v) is 2.42. The average molecular weight is 231 g/mol. The molecule has 1 saturated heterocycles. The summed E-state index contributed by atoms with van der Waals surface area (Å²) in [6.45, 7) is 2.42. The van der Waals surface area contributed by atoms with Gasteiger partial charge < -0.3 is 10.5 Å². The van der Waals surface area contributed by atoms with Crippen LogP contribution in [0.1, 0.15) is 24.8 Å². The summed E-state index contributed by atoms with van der Waals surface area (Å²) in [6, 6.07) is 10.1. The average Bonchev–Trinajstić information content (AvgIpc) is 2.74. The molecule has 90 valence electrons. The topological polar surface area (TPSA) is 52.3 Å². The zero-order valence-corrected chi connectivity index (χ0v) is 9.93. The molecule has 0 spiro atoms. The molecule has 2 atom stereocenters. The highest BCUT2D eigenvalue weighted by molar-refractivity contribution is 5.80. The van der Waals surface area contributed by atoms with Gasteiger partial charge in [-0.25, -0.2) is 0 Å². The second-order valence-electron chi connectivity index (χ2n) is 4.25. The van der Waals surface area contributed by atoms with Crippen LogP contribution in [0.15, 0.2) is 42.1 Å². The zero-order valence-electron chi connectivity index (χ0n) is 9.93. The Balaban J connectivity index is 2.33. The van der Waals surface area contributed by atoms with E-state index in [1.165, 1.54) is 11.8 Å². The summed E-state index contributed by atoms with van der Waals surface area (Å²) >= 11 is 0. The maximum atomic E-state index is 11.8. The lowest BCUT2D eigenvalue weighted by Crippen LogP contribution is -2.19. The molecule has 2 N–H and O–H groups in total. The highest BCUT2D eigenvalue weighted by Gasteiger charge is 2.37. The maximum Gasteiger partial charge on any atom is 0.314 e. The van der Waals surface area contributed by atoms with Crippen LogP contribution in [0.2, 0.25) is 0 Å². The summed E-state index contributed by atoms with van der Waals surface area (Å²) < 4.78 is 5.09. The maximum absolute atomic E-state index is 11.8. The molecular formula is C14H17NO2. The Kier molecular flexibility index (Phi) is 3.47. The first kappa shape index (κ1) is 11.7. The van der Waals surface area contributed by atoms with E-state index in [-0.39, 0.29) is 17.8 Å². The van der Waals surface area contributed by atoms with Crippen LogP contribution < -0.4 is 5.73 Å². The predicted molar refractivity (Wildman–Crippen MR) is 66.2 cm³/mol. The van der Waals surface area contributed by atoms with E-state index in [2.05, 4.69) is 6.92 Å². The van der Waals surface area contributed by atoms with Crippen molar-refractivity contribution in [3.63, 3.8) is 0 Å². The predicted octanol–water partition coefficient (Wildman–Crippen LogP) is 2.20. The normalized spacial score (nSPS) is 23.7. The Morgan fingerprint density at radius 3 is 2.76 bits per heavy atom. The van der Waals surface area contributed by atoms with Gasteiger partial charge in [0.1, 0.15) is 6.61 Å². The molecule has 1 unspecified atom stereocenters. The van der Waals surface area contributed by atoms with Gasteiger partial charge in [0, 0.05) is 5.92 Å². The van der Waals surface area contributed by atoms with Gasteiger partial charge in [-0.2, -0.15) is 0 Å². The molecule has 17 heavy (non-hydrogen) atoms. The van der Waals surface area contributed by atoms with Crippen molar-refractivity contribution in [2.24, 2.45) is 11.7 Å². The minimum absolute atomic E-state index is 0.154. The molecule has 2 rings (SSSR count). The van der Waals surface area contributed by atoms with Crippen molar-refractivity contribution < 1.29 is 9.53 Å². The number of benzene rings is 1. The van der Waals surface area contributed by atoms with E-state index in [0.29, 0.717) is 6.61 Å². The van der Waals surface area contributed by atoms with Crippen LogP contribution in [0.3, 0.4) is 0 Å². The lowest BCUT2D eigenvalue weighted by atomic mass is 9.81. The summed E-state index contributed by atoms with van der Waals surface area (Å²) in [5, 5.41) is 0. The molecule has 1 aliphatic heterocycles. The Morgan fingerprint density at radius 2 is 2.18 bits per heavy atom. The van der Waals surface area contributed by atoms with Gasteiger partial charge in [-0.15, -0.1) is 0 Å². The smallest absolute Gasteiger partial charge is 0.314 e. The summed E-state index contributed by atoms with van der Waals surface area (Å²) in [5.74, 6) is -0.217. The SMILES string of the molecule is CCC(c1ccccc1)[C@H]1C(=O)OCC1=CN. The number of esters is 1. The van der Waals surface area contributed by atoms with Gasteiger partial charge >= 0.3 is 5.97 Å². The molecule has 3 nitrogen and oxygen atoms in total. The van der Waals surface area contributed by atoms with Crippen molar-refractivity contribution in [3.8, 4) is 0 Å². The van der Waals surface area contributed by atoms with Crippen LogP contribution in [-0.4, -0.2) is 12.6 Å². The van der Waals surface area contributed by atoms with E-state index in [1.54, 1.807) is 0 Å². The van der Waals surface area contributed by atoms with Gasteiger partial charge in [-0.3, -0.25) is 4.79 Å². The molecule has 0 bridgehead atoms. The van der Waals surface area contributed by atoms with Gasteiger partial charge in [0.2, 0.25) is 0 Å². The van der Waals surface area contributed by atoms with Crippen molar-refractivity contribution in [1.82, 2.24) is 0 Å². The number of hydrogen-bond acceptors (Lipinski definition) is 3. The summed E-state index contributed by atoms with van der Waals surface area (Å²) in [6.07, 6.45) is 2.41. The lowest BCUT2D eigenvalue weighted by Gasteiger charge is -2.20. The van der Waals surface area contributed by atoms with Crippen LogP contribution in [0, 0.1) is 5.92 Å². The van der Waals surface area contributed by atoms with Crippen LogP contribution in [0.25, 0.3) is 0 Å². The molecule has 1 aromatic carbocycles. The highest BCUT2D eigenvalue weighted by atomic mass is 16.5. The number of cyclic esters (lactones) is 1. The molecule has 0 saturated carbocycles. The van der Waals surface area contributed by atoms with Gasteiger partial charge in [-0.1, -0.05) is 37.3 Å². The van der Waals surface area contributed by atoms with Crippen LogP contribution in [0.4, 0.5) is 0 Å². The Bertz CT molecular complexity index is 425. The molecule has 0 amide bonds. The lowest BCUT2D eigenvalue weighted by molar-refractivity contribution is -0.141. The number of carbonyl (C=O) groups excluding carboxylic acids is 1. The third kappa shape index (κ3) is 2.18. The monoisotopic (exact) mass is 231 g/mol. The standard InChI is InChI=1S/C14H17NO2/c1-2-12(10-6-4-3-5-7-10)13-11(8-15)9-17-14(13)16/h3-8,12-13H,2,9,15H2,1H3/t12?,13-/m0/s1. The molecule has 1 aromatic rings. The van der Waals surface area contributed by atoms with Crippen LogP contribution >= 0.6 is 0 Å². The summed E-state index contributed by atoms with van der Waals surface area (Å²) in [5.41, 5.74) is 7.62. The van der Waals surface area contributed by atoms with Crippen molar-refractivity contribution in [2.45, 2.75) is 19.3 Å². The zero-order chi connectivity index (χ0) is 12.3. The van der Waals surface area contributed by atoms with Crippen LogP contribution in [0.5, 0.6) is 0 Å². The van der Waals surface area contributed by atoms with E-state index < -0.39 is 0 Å². The number of rotatable bonds is 3. The second-order valence-corrected chi connectivity index (χ2v) is 4.25. The number of carbonyl (C=O) groups is 1. The molecule has 1 fully saturated rings. The molecule has 1 aliphatic rings. The van der Waals surface area contributed by atoms with Gasteiger partial charge in [0.05, 0.1) is 5.92 Å². The quantitative estimate of drug-likeness (QED) is 0.811. The van der Waals surface area contributed by atoms with E-state index in [1.807, 2.05) is 30.3 Å². The fourth-order valence-electron chi connectivity index (χ4n) is 2.42. The minimum Gasteiger partial charge on any atom is -0.461 e.